The van der Waals surface area contributed by atoms with Crippen LogP contribution in [0.1, 0.15) is 11.4 Å². The van der Waals surface area contributed by atoms with Crippen LogP contribution in [-0.2, 0) is 17.9 Å². The molecule has 1 aliphatic rings. The van der Waals surface area contributed by atoms with Crippen LogP contribution in [-0.4, -0.2) is 53.6 Å². The fourth-order valence-corrected chi connectivity index (χ4v) is 4.76. The number of carbonyl (C=O) groups excluding carboxylic acids is 1. The van der Waals surface area contributed by atoms with Crippen LogP contribution in [0.25, 0.3) is 22.3 Å². The molecular formula is C30H27FN8O3. The van der Waals surface area contributed by atoms with E-state index < -0.39 is 5.82 Å². The van der Waals surface area contributed by atoms with E-state index in [0.717, 1.165) is 11.1 Å². The Morgan fingerprint density at radius 3 is 2.55 bits per heavy atom. The van der Waals surface area contributed by atoms with Crippen molar-refractivity contribution in [3.8, 4) is 28.5 Å². The minimum Gasteiger partial charge on any atom is -0.489 e. The van der Waals surface area contributed by atoms with E-state index in [1.54, 1.807) is 42.4 Å². The monoisotopic (exact) mass is 566 g/mol. The van der Waals surface area contributed by atoms with Crippen LogP contribution in [0.5, 0.6) is 17.2 Å². The lowest BCUT2D eigenvalue weighted by atomic mass is 10.0. The summed E-state index contributed by atoms with van der Waals surface area (Å²) in [5.41, 5.74) is 9.05. The maximum atomic E-state index is 14.3. The number of aryl methyl sites for hydroxylation is 1. The van der Waals surface area contributed by atoms with Crippen molar-refractivity contribution in [2.24, 2.45) is 5.92 Å². The topological polar surface area (TPSA) is 134 Å². The van der Waals surface area contributed by atoms with Crippen molar-refractivity contribution in [3.05, 3.63) is 91.0 Å². The molecule has 42 heavy (non-hydrogen) atoms. The first-order chi connectivity index (χ1) is 20.4. The first-order valence-electron chi connectivity index (χ1n) is 13.2. The third kappa shape index (κ3) is 5.59. The number of amides is 1. The number of nitrogen functional groups attached to an aromatic ring is 1. The molecule has 11 nitrogen and oxygen atoms in total. The molecule has 0 unspecified atom stereocenters. The smallest absolute Gasteiger partial charge is 0.245 e. The number of anilines is 1. The van der Waals surface area contributed by atoms with Crippen molar-refractivity contribution in [1.29, 1.82) is 0 Å². The molecule has 1 aliphatic heterocycles. The molecule has 3 aromatic heterocycles. The Hall–Kier alpha value is -5.39. The lowest BCUT2D eigenvalue weighted by molar-refractivity contribution is -0.132. The number of halogens is 1. The molecule has 0 atom stereocenters. The molecule has 0 radical (unpaired) electrons. The van der Waals surface area contributed by atoms with Gasteiger partial charge < -0.3 is 20.1 Å². The molecule has 1 amide bonds. The summed E-state index contributed by atoms with van der Waals surface area (Å²) in [6.45, 7) is 7.36. The largest absolute Gasteiger partial charge is 0.489 e. The summed E-state index contributed by atoms with van der Waals surface area (Å²) in [4.78, 5) is 30.4. The molecule has 1 saturated heterocycles. The van der Waals surface area contributed by atoms with Gasteiger partial charge in [-0.1, -0.05) is 6.58 Å². The lowest BCUT2D eigenvalue weighted by Crippen LogP contribution is -2.50. The number of nitrogens with zero attached hydrogens (tertiary/aromatic N) is 7. The number of ether oxygens (including phenoxy) is 2. The second-order valence-corrected chi connectivity index (χ2v) is 9.98. The van der Waals surface area contributed by atoms with Gasteiger partial charge in [0.2, 0.25) is 5.91 Å². The average molecular weight is 567 g/mol. The van der Waals surface area contributed by atoms with Gasteiger partial charge in [-0.3, -0.25) is 4.79 Å². The zero-order chi connectivity index (χ0) is 29.2. The van der Waals surface area contributed by atoms with Gasteiger partial charge in [0.1, 0.15) is 53.3 Å². The van der Waals surface area contributed by atoms with Crippen LogP contribution >= 0.6 is 0 Å². The number of benzene rings is 2. The molecule has 0 bridgehead atoms. The number of aromatic nitrogens is 6. The minimum atomic E-state index is -0.491. The van der Waals surface area contributed by atoms with E-state index >= 15 is 0 Å². The van der Waals surface area contributed by atoms with Crippen molar-refractivity contribution in [2.45, 2.75) is 20.1 Å². The maximum absolute atomic E-state index is 14.3. The van der Waals surface area contributed by atoms with Gasteiger partial charge in [-0.15, -0.1) is 0 Å². The number of likely N-dealkylation sites (tertiary alicyclic amines) is 1. The Labute approximate surface area is 240 Å². The Bertz CT molecular complexity index is 1770. The fourth-order valence-electron chi connectivity index (χ4n) is 4.76. The van der Waals surface area contributed by atoms with Crippen molar-refractivity contribution in [1.82, 2.24) is 34.6 Å². The third-order valence-corrected chi connectivity index (χ3v) is 6.88. The molecule has 1 fully saturated rings. The van der Waals surface area contributed by atoms with Gasteiger partial charge in [-0.05, 0) is 37.3 Å². The van der Waals surface area contributed by atoms with Crippen LogP contribution in [0, 0.1) is 18.7 Å². The third-order valence-electron chi connectivity index (χ3n) is 6.88. The summed E-state index contributed by atoms with van der Waals surface area (Å²) >= 11 is 0. The van der Waals surface area contributed by atoms with Crippen LogP contribution in [0.3, 0.4) is 0 Å². The minimum absolute atomic E-state index is 0.0783. The number of fused-ring (bicyclic) bond motifs is 1. The molecule has 0 saturated carbocycles. The highest BCUT2D eigenvalue weighted by atomic mass is 19.1. The molecule has 212 valence electrons. The Morgan fingerprint density at radius 1 is 1.07 bits per heavy atom. The zero-order valence-corrected chi connectivity index (χ0v) is 22.8. The van der Waals surface area contributed by atoms with Crippen LogP contribution < -0.4 is 15.2 Å². The van der Waals surface area contributed by atoms with Crippen LogP contribution in [0.2, 0.25) is 0 Å². The summed E-state index contributed by atoms with van der Waals surface area (Å²) in [6.07, 6.45) is 6.07. The van der Waals surface area contributed by atoms with Crippen LogP contribution in [0.15, 0.2) is 73.8 Å². The van der Waals surface area contributed by atoms with Crippen LogP contribution in [0.4, 0.5) is 10.2 Å². The first kappa shape index (κ1) is 26.8. The van der Waals surface area contributed by atoms with Gasteiger partial charge >= 0.3 is 0 Å². The quantitative estimate of drug-likeness (QED) is 0.259. The summed E-state index contributed by atoms with van der Waals surface area (Å²) < 4.78 is 27.8. The lowest BCUT2D eigenvalue weighted by Gasteiger charge is -2.38. The van der Waals surface area contributed by atoms with Gasteiger partial charge in [0.05, 0.1) is 5.39 Å². The van der Waals surface area contributed by atoms with Crippen molar-refractivity contribution >= 4 is 22.8 Å². The predicted molar refractivity (Wildman–Crippen MR) is 153 cm³/mol. The molecule has 6 rings (SSSR count). The number of hydrogen-bond acceptors (Lipinski definition) is 9. The van der Waals surface area contributed by atoms with Gasteiger partial charge in [0.15, 0.2) is 5.65 Å². The second kappa shape index (κ2) is 11.2. The maximum Gasteiger partial charge on any atom is 0.245 e. The highest BCUT2D eigenvalue weighted by Gasteiger charge is 2.31. The van der Waals surface area contributed by atoms with Crippen molar-refractivity contribution in [2.75, 3.05) is 18.8 Å². The summed E-state index contributed by atoms with van der Waals surface area (Å²) in [7, 11) is 0. The van der Waals surface area contributed by atoms with Gasteiger partial charge in [-0.25, -0.2) is 29.0 Å². The molecule has 12 heteroatoms. The Morgan fingerprint density at radius 2 is 1.81 bits per heavy atom. The summed E-state index contributed by atoms with van der Waals surface area (Å²) in [5, 5.41) is 5.46. The summed E-state index contributed by atoms with van der Waals surface area (Å²) in [6, 6.07) is 11.4. The van der Waals surface area contributed by atoms with E-state index in [1.165, 1.54) is 24.5 Å². The molecular weight excluding hydrogens is 539 g/mol. The van der Waals surface area contributed by atoms with E-state index in [9.17, 15) is 9.18 Å². The van der Waals surface area contributed by atoms with E-state index in [0.29, 0.717) is 59.5 Å². The average Bonchev–Trinajstić information content (AvgIpc) is 3.34. The Balaban J connectivity index is 1.18. The summed E-state index contributed by atoms with van der Waals surface area (Å²) in [5.74, 6) is 1.75. The molecule has 0 spiro atoms. The molecule has 2 N–H and O–H groups in total. The van der Waals surface area contributed by atoms with E-state index in [4.69, 9.17) is 20.3 Å². The Kier molecular flexibility index (Phi) is 7.17. The van der Waals surface area contributed by atoms with E-state index in [2.05, 4.69) is 26.5 Å². The predicted octanol–water partition coefficient (Wildman–Crippen LogP) is 4.33. The van der Waals surface area contributed by atoms with Gasteiger partial charge in [0, 0.05) is 67.3 Å². The highest BCUT2D eigenvalue weighted by Crippen LogP contribution is 2.33. The number of nitrogens with two attached hydrogens (primary N) is 1. The van der Waals surface area contributed by atoms with Gasteiger partial charge in [-0.2, -0.15) is 5.10 Å². The van der Waals surface area contributed by atoms with Crippen molar-refractivity contribution in [3.63, 3.8) is 0 Å². The molecule has 4 heterocycles. The normalized spacial score (nSPS) is 13.1. The first-order valence-corrected chi connectivity index (χ1v) is 13.2. The standard InChI is InChI=1S/C30H27FN8O3/c1-3-26(40)38-13-20(14-38)15-39-30-27(29(32)35-17-36-30)28(37-39)21-4-6-23(7-5-21)42-25-9-22(31)8-24(10-25)41-16-19-11-33-18(2)34-12-19/h3-12,17,20H,1,13-16H2,2H3,(H2,32,35,36). The zero-order valence-electron chi connectivity index (χ0n) is 22.8. The van der Waals surface area contributed by atoms with E-state index in [1.807, 2.05) is 16.8 Å². The number of hydrogen-bond donors (Lipinski definition) is 1. The molecule has 2 aromatic carbocycles. The molecule has 5 aromatic rings. The second-order valence-electron chi connectivity index (χ2n) is 9.98. The van der Waals surface area contributed by atoms with Crippen molar-refractivity contribution < 1.29 is 18.7 Å². The fraction of sp³-hybridized carbons (Fsp3) is 0.200. The van der Waals surface area contributed by atoms with E-state index in [-0.39, 0.29) is 24.2 Å². The highest BCUT2D eigenvalue weighted by molar-refractivity contribution is 5.98. The van der Waals surface area contributed by atoms with Gasteiger partial charge in [0.25, 0.3) is 0 Å². The number of rotatable bonds is 9. The SMILES string of the molecule is C=CC(=O)N1CC(Cn2nc(-c3ccc(Oc4cc(F)cc(OCc5cnc(C)nc5)c4)cc3)c3c(N)ncnc32)C1. The molecule has 0 aliphatic carbocycles. The number of carbonyl (C=O) groups is 1.